The van der Waals surface area contributed by atoms with Gasteiger partial charge in [-0.15, -0.1) is 4.40 Å². The first-order chi connectivity index (χ1) is 13.8. The van der Waals surface area contributed by atoms with Crippen LogP contribution >= 0.6 is 11.6 Å². The van der Waals surface area contributed by atoms with E-state index in [-0.39, 0.29) is 11.7 Å². The summed E-state index contributed by atoms with van der Waals surface area (Å²) < 4.78 is 42.4. The number of ether oxygens (including phenoxy) is 2. The van der Waals surface area contributed by atoms with Crippen molar-refractivity contribution in [2.75, 3.05) is 29.9 Å². The molecule has 2 aromatic rings. The minimum Gasteiger partial charge on any atom is -0.845 e. The number of aromatic nitrogens is 2. The van der Waals surface area contributed by atoms with Crippen LogP contribution in [0.4, 0.5) is 11.4 Å². The molecular weight excluding hydrogens is 422 g/mol. The lowest BCUT2D eigenvalue weighted by Crippen LogP contribution is -2.44. The summed E-state index contributed by atoms with van der Waals surface area (Å²) in [5, 5.41) is 19.1. The van der Waals surface area contributed by atoms with E-state index in [1.807, 2.05) is 0 Å². The zero-order chi connectivity index (χ0) is 21.0. The number of aryl methyl sites for hydroxylation is 1. The van der Waals surface area contributed by atoms with Gasteiger partial charge in [0.05, 0.1) is 31.1 Å². The van der Waals surface area contributed by atoms with E-state index in [4.69, 9.17) is 21.1 Å². The SMILES string of the molecule is COc1cc(Cl)cc(N/C([O-])=N/S(=O)(=O)N(c2cnn(C)c2)C2CCOCC2)c1. The number of benzene rings is 1. The number of amidine groups is 1. The van der Waals surface area contributed by atoms with Gasteiger partial charge in [0.15, 0.2) is 0 Å². The fraction of sp³-hybridized carbons (Fsp3) is 0.412. The first kappa shape index (κ1) is 21.2. The molecule has 0 aliphatic carbocycles. The second kappa shape index (κ2) is 8.89. The number of nitrogens with zero attached hydrogens (tertiary/aromatic N) is 4. The average molecular weight is 443 g/mol. The lowest BCUT2D eigenvalue weighted by Gasteiger charge is -2.32. The Hall–Kier alpha value is -2.50. The molecule has 3 rings (SSSR count). The Kier molecular flexibility index (Phi) is 6.50. The van der Waals surface area contributed by atoms with Crippen LogP contribution in [0.25, 0.3) is 0 Å². The third-order valence-electron chi connectivity index (χ3n) is 4.27. The molecule has 1 saturated heterocycles. The predicted octanol–water partition coefficient (Wildman–Crippen LogP) is 1.14. The Morgan fingerprint density at radius 3 is 2.76 bits per heavy atom. The minimum absolute atomic E-state index is 0.261. The van der Waals surface area contributed by atoms with E-state index in [0.717, 1.165) is 4.31 Å². The highest BCUT2D eigenvalue weighted by molar-refractivity contribution is 7.91. The number of anilines is 2. The molecule has 1 aliphatic heterocycles. The van der Waals surface area contributed by atoms with Crippen molar-refractivity contribution in [2.24, 2.45) is 11.4 Å². The van der Waals surface area contributed by atoms with Gasteiger partial charge in [0.2, 0.25) is 0 Å². The van der Waals surface area contributed by atoms with Crippen LogP contribution in [0.2, 0.25) is 5.02 Å². The molecule has 12 heteroatoms. The molecule has 0 bridgehead atoms. The summed E-state index contributed by atoms with van der Waals surface area (Å²) in [6, 6.07) is 3.08. The van der Waals surface area contributed by atoms with E-state index in [0.29, 0.717) is 42.5 Å². The predicted molar refractivity (Wildman–Crippen MR) is 108 cm³/mol. The van der Waals surface area contributed by atoms with Crippen LogP contribution in [-0.4, -0.2) is 50.6 Å². The largest absolute Gasteiger partial charge is 0.845 e. The van der Waals surface area contributed by atoms with Crippen LogP contribution in [-0.2, 0) is 22.0 Å². The summed E-state index contributed by atoms with van der Waals surface area (Å²) in [7, 11) is -1.21. The summed E-state index contributed by atoms with van der Waals surface area (Å²) in [6.45, 7) is 0.844. The van der Waals surface area contributed by atoms with Gasteiger partial charge in [0.1, 0.15) is 5.75 Å². The van der Waals surface area contributed by atoms with E-state index in [1.165, 1.54) is 30.1 Å². The summed E-state index contributed by atoms with van der Waals surface area (Å²) in [5.74, 6) is 0.412. The summed E-state index contributed by atoms with van der Waals surface area (Å²) in [4.78, 5) is 0. The molecule has 0 saturated carbocycles. The van der Waals surface area contributed by atoms with Crippen molar-refractivity contribution >= 4 is 39.2 Å². The quantitative estimate of drug-likeness (QED) is 0.525. The third-order valence-corrected chi connectivity index (χ3v) is 5.89. The zero-order valence-corrected chi connectivity index (χ0v) is 17.5. The normalized spacial score (nSPS) is 15.9. The molecule has 2 heterocycles. The maximum absolute atomic E-state index is 13.0. The standard InChI is InChI=1S/C17H22ClN5O5S/c1-22-11-15(10-19-22)23(14-3-5-28-6-4-14)29(25,26)21-17(24)20-13-7-12(18)8-16(9-13)27-2/h7-11,14H,3-6H2,1-2H3,(H2,20,21,24)/p-1. The van der Waals surface area contributed by atoms with Crippen LogP contribution in [0.3, 0.4) is 0 Å². The monoisotopic (exact) mass is 442 g/mol. The van der Waals surface area contributed by atoms with Crippen molar-refractivity contribution in [2.45, 2.75) is 18.9 Å². The maximum atomic E-state index is 13.0. The Morgan fingerprint density at radius 1 is 1.41 bits per heavy atom. The van der Waals surface area contributed by atoms with Crippen LogP contribution in [0.5, 0.6) is 5.75 Å². The van der Waals surface area contributed by atoms with Crippen molar-refractivity contribution in [3.05, 3.63) is 35.6 Å². The molecule has 29 heavy (non-hydrogen) atoms. The molecule has 0 spiro atoms. The Labute approximate surface area is 173 Å². The molecule has 0 radical (unpaired) electrons. The van der Waals surface area contributed by atoms with Crippen molar-refractivity contribution in [3.63, 3.8) is 0 Å². The van der Waals surface area contributed by atoms with Gasteiger partial charge in [0.25, 0.3) is 0 Å². The van der Waals surface area contributed by atoms with Gasteiger partial charge in [0, 0.05) is 43.2 Å². The molecule has 1 aromatic heterocycles. The van der Waals surface area contributed by atoms with Crippen LogP contribution < -0.4 is 19.5 Å². The first-order valence-corrected chi connectivity index (χ1v) is 10.6. The van der Waals surface area contributed by atoms with Gasteiger partial charge in [-0.3, -0.25) is 4.68 Å². The Bertz CT molecular complexity index is 988. The molecular formula is C17H21ClN5O5S-. The topological polar surface area (TPSA) is 121 Å². The number of hydrogen-bond donors (Lipinski definition) is 1. The lowest BCUT2D eigenvalue weighted by molar-refractivity contribution is -0.213. The van der Waals surface area contributed by atoms with Gasteiger partial charge in [-0.2, -0.15) is 13.5 Å². The van der Waals surface area contributed by atoms with E-state index >= 15 is 0 Å². The molecule has 158 valence electrons. The second-order valence-electron chi connectivity index (χ2n) is 6.39. The number of halogens is 1. The molecule has 0 amide bonds. The average Bonchev–Trinajstić information content (AvgIpc) is 3.06. The van der Waals surface area contributed by atoms with Gasteiger partial charge < -0.3 is 19.9 Å². The smallest absolute Gasteiger partial charge is 0.345 e. The Morgan fingerprint density at radius 2 is 2.14 bits per heavy atom. The molecule has 1 aliphatic rings. The van der Waals surface area contributed by atoms with Crippen molar-refractivity contribution in [1.29, 1.82) is 0 Å². The van der Waals surface area contributed by atoms with Crippen molar-refractivity contribution in [3.8, 4) is 5.75 Å². The van der Waals surface area contributed by atoms with Gasteiger partial charge in [-0.25, -0.2) is 4.31 Å². The molecule has 10 nitrogen and oxygen atoms in total. The number of rotatable bonds is 6. The van der Waals surface area contributed by atoms with Gasteiger partial charge in [-0.05, 0) is 25.0 Å². The fourth-order valence-electron chi connectivity index (χ4n) is 3.02. The maximum Gasteiger partial charge on any atom is 0.345 e. The highest BCUT2D eigenvalue weighted by atomic mass is 35.5. The summed E-state index contributed by atoms with van der Waals surface area (Å²) in [6.07, 6.45) is 3.94. The second-order valence-corrected chi connectivity index (χ2v) is 8.30. The van der Waals surface area contributed by atoms with Gasteiger partial charge >= 0.3 is 10.2 Å². The molecule has 0 atom stereocenters. The van der Waals surface area contributed by atoms with Gasteiger partial charge in [-0.1, -0.05) is 11.6 Å². The van der Waals surface area contributed by atoms with E-state index in [9.17, 15) is 13.5 Å². The number of methoxy groups -OCH3 is 1. The lowest BCUT2D eigenvalue weighted by atomic mass is 10.1. The molecule has 0 unspecified atom stereocenters. The highest BCUT2D eigenvalue weighted by Gasteiger charge is 2.32. The third kappa shape index (κ3) is 5.31. The first-order valence-electron chi connectivity index (χ1n) is 8.78. The van der Waals surface area contributed by atoms with Crippen molar-refractivity contribution < 1.29 is 23.0 Å². The molecule has 1 aromatic carbocycles. The minimum atomic E-state index is -4.33. The fourth-order valence-corrected chi connectivity index (χ4v) is 4.54. The summed E-state index contributed by atoms with van der Waals surface area (Å²) >= 11 is 5.97. The van der Waals surface area contributed by atoms with Crippen LogP contribution in [0, 0.1) is 0 Å². The van der Waals surface area contributed by atoms with Crippen LogP contribution in [0.1, 0.15) is 12.8 Å². The summed E-state index contributed by atoms with van der Waals surface area (Å²) in [5.41, 5.74) is 0.595. The van der Waals surface area contributed by atoms with E-state index in [2.05, 4.69) is 14.8 Å². The van der Waals surface area contributed by atoms with Crippen molar-refractivity contribution in [1.82, 2.24) is 9.78 Å². The number of hydrogen-bond acceptors (Lipinski definition) is 6. The number of nitrogens with one attached hydrogen (secondary N) is 1. The highest BCUT2D eigenvalue weighted by Crippen LogP contribution is 2.27. The van der Waals surface area contributed by atoms with Crippen LogP contribution in [0.15, 0.2) is 35.0 Å². The Balaban J connectivity index is 1.89. The van der Waals surface area contributed by atoms with E-state index < -0.39 is 16.2 Å². The molecule has 1 N–H and O–H groups in total. The zero-order valence-electron chi connectivity index (χ0n) is 15.9. The van der Waals surface area contributed by atoms with E-state index in [1.54, 1.807) is 19.3 Å². The molecule has 1 fully saturated rings.